The first-order valence-corrected chi connectivity index (χ1v) is 8.87. The van der Waals surface area contributed by atoms with E-state index >= 15 is 0 Å². The van der Waals surface area contributed by atoms with Crippen LogP contribution in [0.4, 0.5) is 0 Å². The Bertz CT molecular complexity index is 523. The van der Waals surface area contributed by atoms with Gasteiger partial charge in [-0.1, -0.05) is 19.1 Å². The van der Waals surface area contributed by atoms with Crippen molar-refractivity contribution in [3.8, 4) is 5.75 Å². The lowest BCUT2D eigenvalue weighted by atomic mass is 9.89. The van der Waals surface area contributed by atoms with Crippen LogP contribution in [-0.2, 0) is 4.79 Å². The first-order valence-electron chi connectivity index (χ1n) is 8.87. The normalized spacial score (nSPS) is 26.3. The van der Waals surface area contributed by atoms with E-state index in [1.807, 2.05) is 24.3 Å². The molecule has 1 aromatic rings. The van der Waals surface area contributed by atoms with Gasteiger partial charge in [0.05, 0.1) is 13.2 Å². The molecule has 2 saturated heterocycles. The summed E-state index contributed by atoms with van der Waals surface area (Å²) < 4.78 is 5.20. The van der Waals surface area contributed by atoms with E-state index in [-0.39, 0.29) is 24.4 Å². The Morgan fingerprint density at radius 1 is 1.25 bits per heavy atom. The third kappa shape index (κ3) is 4.64. The number of benzene rings is 1. The van der Waals surface area contributed by atoms with Crippen LogP contribution >= 0.6 is 12.4 Å². The van der Waals surface area contributed by atoms with E-state index in [0.717, 1.165) is 30.6 Å². The number of methoxy groups -OCH3 is 1. The monoisotopic (exact) mass is 352 g/mol. The fourth-order valence-corrected chi connectivity index (χ4v) is 4.11. The standard InChI is InChI=1S/C19H28N2O2.ClH/c1-3-18(14-4-8-17(23-2)9-5-14)21-19(22)12-13-10-15-6-7-16(11-13)20-15;/h4-5,8-9,13,15-16,18,20H,3,6-7,10-12H2,1-2H3,(H,21,22);1H. The number of carbonyl (C=O) groups is 1. The second kappa shape index (κ2) is 8.72. The number of hydrogen-bond donors (Lipinski definition) is 2. The van der Waals surface area contributed by atoms with Crippen LogP contribution in [0.1, 0.15) is 57.1 Å². The molecule has 2 bridgehead atoms. The Labute approximate surface area is 151 Å². The molecule has 3 atom stereocenters. The highest BCUT2D eigenvalue weighted by Crippen LogP contribution is 2.32. The molecule has 0 aliphatic carbocycles. The summed E-state index contributed by atoms with van der Waals surface area (Å²) in [5.74, 6) is 1.58. The third-order valence-corrected chi connectivity index (χ3v) is 5.31. The van der Waals surface area contributed by atoms with Crippen LogP contribution in [0.5, 0.6) is 5.75 Å². The zero-order valence-corrected chi connectivity index (χ0v) is 15.4. The van der Waals surface area contributed by atoms with Gasteiger partial charge in [0.25, 0.3) is 0 Å². The van der Waals surface area contributed by atoms with Gasteiger partial charge in [-0.05, 0) is 55.7 Å². The first kappa shape index (κ1) is 19.1. The van der Waals surface area contributed by atoms with Crippen molar-refractivity contribution in [3.63, 3.8) is 0 Å². The fraction of sp³-hybridized carbons (Fsp3) is 0.632. The molecule has 5 heteroatoms. The van der Waals surface area contributed by atoms with Gasteiger partial charge in [0.15, 0.2) is 0 Å². The van der Waals surface area contributed by atoms with Crippen LogP contribution in [0.25, 0.3) is 0 Å². The van der Waals surface area contributed by atoms with E-state index < -0.39 is 0 Å². The van der Waals surface area contributed by atoms with Crippen molar-refractivity contribution in [2.45, 2.75) is 63.6 Å². The highest BCUT2D eigenvalue weighted by molar-refractivity contribution is 5.85. The average Bonchev–Trinajstić information content (AvgIpc) is 2.91. The third-order valence-electron chi connectivity index (χ3n) is 5.31. The summed E-state index contributed by atoms with van der Waals surface area (Å²) in [6, 6.07) is 9.37. The molecular weight excluding hydrogens is 324 g/mol. The van der Waals surface area contributed by atoms with Crippen molar-refractivity contribution in [2.24, 2.45) is 5.92 Å². The number of nitrogens with one attached hydrogen (secondary N) is 2. The summed E-state index contributed by atoms with van der Waals surface area (Å²) in [5, 5.41) is 6.86. The number of piperidine rings is 1. The molecule has 2 aliphatic heterocycles. The Kier molecular flexibility index (Phi) is 6.93. The molecule has 4 nitrogen and oxygen atoms in total. The number of ether oxygens (including phenoxy) is 1. The van der Waals surface area contributed by atoms with E-state index in [4.69, 9.17) is 4.74 Å². The summed E-state index contributed by atoms with van der Waals surface area (Å²) in [4.78, 5) is 12.5. The van der Waals surface area contributed by atoms with Gasteiger partial charge < -0.3 is 15.4 Å². The minimum absolute atomic E-state index is 0. The van der Waals surface area contributed by atoms with E-state index in [1.54, 1.807) is 7.11 Å². The quantitative estimate of drug-likeness (QED) is 0.822. The van der Waals surface area contributed by atoms with Gasteiger partial charge in [0, 0.05) is 18.5 Å². The number of halogens is 1. The number of amides is 1. The number of fused-ring (bicyclic) bond motifs is 2. The molecule has 2 N–H and O–H groups in total. The summed E-state index contributed by atoms with van der Waals surface area (Å²) >= 11 is 0. The number of carbonyl (C=O) groups excluding carboxylic acids is 1. The summed E-state index contributed by atoms with van der Waals surface area (Å²) in [6.45, 7) is 2.11. The predicted octanol–water partition coefficient (Wildman–Crippen LogP) is 3.61. The number of rotatable bonds is 6. The largest absolute Gasteiger partial charge is 0.497 e. The van der Waals surface area contributed by atoms with Crippen molar-refractivity contribution in [1.82, 2.24) is 10.6 Å². The minimum Gasteiger partial charge on any atom is -0.497 e. The highest BCUT2D eigenvalue weighted by Gasteiger charge is 2.34. The molecule has 0 aromatic heterocycles. The molecule has 2 fully saturated rings. The fourth-order valence-electron chi connectivity index (χ4n) is 4.11. The van der Waals surface area contributed by atoms with E-state index in [0.29, 0.717) is 24.4 Å². The van der Waals surface area contributed by atoms with Gasteiger partial charge in [0.1, 0.15) is 5.75 Å². The zero-order valence-electron chi connectivity index (χ0n) is 14.6. The van der Waals surface area contributed by atoms with Crippen LogP contribution in [0, 0.1) is 5.92 Å². The van der Waals surface area contributed by atoms with Crippen molar-refractivity contribution in [3.05, 3.63) is 29.8 Å². The molecule has 134 valence electrons. The molecule has 2 aliphatic rings. The van der Waals surface area contributed by atoms with Crippen LogP contribution in [0.3, 0.4) is 0 Å². The van der Waals surface area contributed by atoms with Gasteiger partial charge in [0.2, 0.25) is 5.91 Å². The topological polar surface area (TPSA) is 50.4 Å². The van der Waals surface area contributed by atoms with Crippen LogP contribution in [0.2, 0.25) is 0 Å². The van der Waals surface area contributed by atoms with Crippen molar-refractivity contribution in [1.29, 1.82) is 0 Å². The van der Waals surface area contributed by atoms with Gasteiger partial charge in [-0.3, -0.25) is 4.79 Å². The first-order chi connectivity index (χ1) is 11.2. The number of hydrogen-bond acceptors (Lipinski definition) is 3. The van der Waals surface area contributed by atoms with E-state index in [2.05, 4.69) is 17.6 Å². The maximum Gasteiger partial charge on any atom is 0.220 e. The van der Waals surface area contributed by atoms with Gasteiger partial charge in [-0.2, -0.15) is 0 Å². The Balaban J connectivity index is 0.00000208. The molecule has 0 radical (unpaired) electrons. The van der Waals surface area contributed by atoms with Gasteiger partial charge in [-0.15, -0.1) is 12.4 Å². The SMILES string of the molecule is CCC(NC(=O)CC1CC2CCC(C1)N2)c1ccc(OC)cc1.Cl. The maximum atomic E-state index is 12.5. The highest BCUT2D eigenvalue weighted by atomic mass is 35.5. The molecule has 2 heterocycles. The Morgan fingerprint density at radius 2 is 1.88 bits per heavy atom. The van der Waals surface area contributed by atoms with Crippen molar-refractivity contribution >= 4 is 18.3 Å². The van der Waals surface area contributed by atoms with Gasteiger partial charge in [-0.25, -0.2) is 0 Å². The lowest BCUT2D eigenvalue weighted by Crippen LogP contribution is -2.40. The van der Waals surface area contributed by atoms with Crippen LogP contribution in [0.15, 0.2) is 24.3 Å². The van der Waals surface area contributed by atoms with Crippen LogP contribution < -0.4 is 15.4 Å². The van der Waals surface area contributed by atoms with Gasteiger partial charge >= 0.3 is 0 Å². The molecule has 0 spiro atoms. The van der Waals surface area contributed by atoms with Crippen molar-refractivity contribution < 1.29 is 9.53 Å². The molecule has 1 aromatic carbocycles. The predicted molar refractivity (Wildman–Crippen MR) is 98.7 cm³/mol. The lowest BCUT2D eigenvalue weighted by Gasteiger charge is -2.29. The smallest absolute Gasteiger partial charge is 0.220 e. The van der Waals surface area contributed by atoms with E-state index in [1.165, 1.54) is 12.8 Å². The minimum atomic E-state index is 0. The summed E-state index contributed by atoms with van der Waals surface area (Å²) in [6.07, 6.45) is 6.45. The average molecular weight is 353 g/mol. The second-order valence-electron chi connectivity index (χ2n) is 6.98. The Hall–Kier alpha value is -1.26. The van der Waals surface area contributed by atoms with Crippen LogP contribution in [-0.4, -0.2) is 25.1 Å². The summed E-state index contributed by atoms with van der Waals surface area (Å²) in [5.41, 5.74) is 1.15. The van der Waals surface area contributed by atoms with Crippen molar-refractivity contribution in [2.75, 3.05) is 7.11 Å². The zero-order chi connectivity index (χ0) is 16.2. The molecular formula is C19H29ClN2O2. The molecule has 3 rings (SSSR count). The summed E-state index contributed by atoms with van der Waals surface area (Å²) in [7, 11) is 1.67. The molecule has 24 heavy (non-hydrogen) atoms. The molecule has 3 unspecified atom stereocenters. The lowest BCUT2D eigenvalue weighted by molar-refractivity contribution is -0.123. The maximum absolute atomic E-state index is 12.5. The molecule has 0 saturated carbocycles. The van der Waals surface area contributed by atoms with E-state index in [9.17, 15) is 4.79 Å². The Morgan fingerprint density at radius 3 is 2.42 bits per heavy atom. The second-order valence-corrected chi connectivity index (χ2v) is 6.98. The molecule has 1 amide bonds.